The number of ether oxygens (including phenoxy) is 1. The molecule has 16 heteroatoms. The van der Waals surface area contributed by atoms with Crippen LogP contribution in [-0.4, -0.2) is 91.7 Å². The molecule has 14 nitrogen and oxygen atoms in total. The van der Waals surface area contributed by atoms with Crippen LogP contribution in [-0.2, 0) is 16.4 Å². The summed E-state index contributed by atoms with van der Waals surface area (Å²) in [7, 11) is -4.65. The van der Waals surface area contributed by atoms with Gasteiger partial charge in [0.15, 0.2) is 0 Å². The quantitative estimate of drug-likeness (QED) is 0.0519. The Hall–Kier alpha value is -6.23. The van der Waals surface area contributed by atoms with Crippen molar-refractivity contribution < 1.29 is 28.0 Å². The lowest BCUT2D eigenvalue weighted by atomic mass is 9.72. The van der Waals surface area contributed by atoms with Gasteiger partial charge in [0.05, 0.1) is 27.0 Å². The number of sulfonamides is 1. The van der Waals surface area contributed by atoms with Crippen molar-refractivity contribution in [1.82, 2.24) is 19.9 Å². The SMILES string of the molecule is CC1(C)CCC(CN2CCN(c3ccc(C(=O)NS(=O)(=O)c4ccc(N[C@]5(Cc6ccccc6)CCNC[C@@H]5O)c([N+](=O)[O-])c4)c(Oc4ccc5[nH]ccc5c4)c3)CC2)=C(c2ccc(Cl)cc2)C1. The van der Waals surface area contributed by atoms with E-state index in [1.165, 1.54) is 28.8 Å². The van der Waals surface area contributed by atoms with E-state index in [9.17, 15) is 28.4 Å². The van der Waals surface area contributed by atoms with Crippen LogP contribution in [0.5, 0.6) is 11.5 Å². The minimum atomic E-state index is -4.65. The number of halogens is 1. The summed E-state index contributed by atoms with van der Waals surface area (Å²) < 4.78 is 36.5. The Kier molecular flexibility index (Phi) is 13.4. The Balaban J connectivity index is 0.949. The van der Waals surface area contributed by atoms with Crippen molar-refractivity contribution in [2.45, 2.75) is 62.5 Å². The van der Waals surface area contributed by atoms with Crippen LogP contribution < -0.4 is 25.0 Å². The third-order valence-corrected chi connectivity index (χ3v) is 15.2. The van der Waals surface area contributed by atoms with E-state index >= 15 is 0 Å². The number of piperazine rings is 1. The van der Waals surface area contributed by atoms with Crippen LogP contribution >= 0.6 is 11.6 Å². The number of piperidine rings is 1. The Morgan fingerprint density at radius 1 is 0.941 bits per heavy atom. The highest BCUT2D eigenvalue weighted by atomic mass is 35.5. The number of allylic oxidation sites excluding steroid dienone is 1. The molecule has 1 aromatic heterocycles. The molecule has 0 unspecified atom stereocenters. The second-order valence-corrected chi connectivity index (χ2v) is 21.1. The molecule has 0 bridgehead atoms. The molecule has 1 aliphatic carbocycles. The van der Waals surface area contributed by atoms with Gasteiger partial charge in [-0.05, 0) is 121 Å². The van der Waals surface area contributed by atoms with Gasteiger partial charge in [-0.15, -0.1) is 0 Å². The largest absolute Gasteiger partial charge is 0.456 e. The van der Waals surface area contributed by atoms with Crippen molar-refractivity contribution in [1.29, 1.82) is 0 Å². The zero-order valence-electron chi connectivity index (χ0n) is 38.1. The molecular formula is C52H56ClN7O7S. The summed E-state index contributed by atoms with van der Waals surface area (Å²) in [4.78, 5) is 33.4. The van der Waals surface area contributed by atoms with Crippen molar-refractivity contribution in [3.8, 4) is 11.5 Å². The molecular weight excluding hydrogens is 902 g/mol. The second-order valence-electron chi connectivity index (χ2n) is 19.0. The van der Waals surface area contributed by atoms with Gasteiger partial charge in [-0.3, -0.25) is 19.8 Å². The molecule has 6 aromatic rings. The number of carbonyl (C=O) groups is 1. The van der Waals surface area contributed by atoms with Gasteiger partial charge in [0.1, 0.15) is 17.2 Å². The maximum atomic E-state index is 14.1. The van der Waals surface area contributed by atoms with E-state index in [-0.39, 0.29) is 29.0 Å². The molecule has 3 aliphatic rings. The number of hydrogen-bond donors (Lipinski definition) is 5. The molecule has 2 fully saturated rings. The maximum absolute atomic E-state index is 14.1. The molecule has 68 heavy (non-hydrogen) atoms. The first-order valence-corrected chi connectivity index (χ1v) is 24.9. The van der Waals surface area contributed by atoms with E-state index in [4.69, 9.17) is 16.3 Å². The summed E-state index contributed by atoms with van der Waals surface area (Å²) >= 11 is 6.26. The summed E-state index contributed by atoms with van der Waals surface area (Å²) in [6.07, 6.45) is 4.89. The molecule has 2 atom stereocenters. The normalized spacial score (nSPS) is 20.0. The summed E-state index contributed by atoms with van der Waals surface area (Å²) in [5.74, 6) is -0.382. The van der Waals surface area contributed by atoms with Crippen LogP contribution in [0.2, 0.25) is 5.02 Å². The number of amides is 1. The number of hydrogen-bond acceptors (Lipinski definition) is 11. The van der Waals surface area contributed by atoms with E-state index in [2.05, 4.69) is 56.1 Å². The number of aromatic nitrogens is 1. The summed E-state index contributed by atoms with van der Waals surface area (Å²) in [6.45, 7) is 9.43. The predicted molar refractivity (Wildman–Crippen MR) is 267 cm³/mol. The fourth-order valence-electron chi connectivity index (χ4n) is 9.81. The maximum Gasteiger partial charge on any atom is 0.293 e. The lowest BCUT2D eigenvalue weighted by molar-refractivity contribution is -0.384. The predicted octanol–water partition coefficient (Wildman–Crippen LogP) is 9.17. The van der Waals surface area contributed by atoms with Crippen molar-refractivity contribution in [2.75, 3.05) is 56.0 Å². The zero-order chi connectivity index (χ0) is 47.6. The number of carbonyl (C=O) groups excluding carboxylic acids is 1. The molecule has 2 aliphatic heterocycles. The van der Waals surface area contributed by atoms with Gasteiger partial charge < -0.3 is 30.4 Å². The molecule has 1 amide bonds. The molecule has 9 rings (SSSR count). The monoisotopic (exact) mass is 957 g/mol. The molecule has 0 radical (unpaired) electrons. The summed E-state index contributed by atoms with van der Waals surface area (Å²) in [5, 5.41) is 31.9. The van der Waals surface area contributed by atoms with Crippen molar-refractivity contribution in [3.05, 3.63) is 159 Å². The number of nitro benzene ring substituents is 1. The number of nitro groups is 1. The number of rotatable bonds is 14. The highest BCUT2D eigenvalue weighted by molar-refractivity contribution is 7.90. The van der Waals surface area contributed by atoms with Gasteiger partial charge in [0.2, 0.25) is 0 Å². The number of fused-ring (bicyclic) bond motifs is 1. The zero-order valence-corrected chi connectivity index (χ0v) is 39.7. The number of aliphatic hydroxyl groups is 1. The summed E-state index contributed by atoms with van der Waals surface area (Å²) in [5.41, 5.74) is 5.44. The molecule has 3 heterocycles. The van der Waals surface area contributed by atoms with Gasteiger partial charge in [-0.25, -0.2) is 13.1 Å². The van der Waals surface area contributed by atoms with Gasteiger partial charge in [0.25, 0.3) is 21.6 Å². The number of anilines is 2. The van der Waals surface area contributed by atoms with Crippen LogP contribution in [0, 0.1) is 15.5 Å². The minimum Gasteiger partial charge on any atom is -0.456 e. The molecule has 5 aromatic carbocycles. The van der Waals surface area contributed by atoms with Crippen LogP contribution in [0.15, 0.2) is 132 Å². The number of benzene rings is 5. The highest BCUT2D eigenvalue weighted by Crippen LogP contribution is 2.44. The van der Waals surface area contributed by atoms with E-state index in [1.54, 1.807) is 24.3 Å². The number of aromatic amines is 1. The lowest BCUT2D eigenvalue weighted by Gasteiger charge is -2.43. The van der Waals surface area contributed by atoms with E-state index in [0.717, 1.165) is 85.2 Å². The van der Waals surface area contributed by atoms with Gasteiger partial charge in [-0.2, -0.15) is 0 Å². The molecule has 2 saturated heterocycles. The standard InChI is InChI=1S/C52H56ClN7O7S/c1-51(2)20-18-38(44(32-51)36-8-10-39(53)11-9-36)34-58-24-26-59(27-25-58)40-12-15-43(48(29-40)67-41-13-16-45-37(28-41)19-22-55-45)50(62)57-68(65,66)42-14-17-46(47(30-42)60(63)64)56-52(21-23-54-33-49(52)61)31-35-6-4-3-5-7-35/h3-17,19,22,28-30,49,54-56,61H,18,20-21,23-27,31-34H2,1-2H3,(H,57,62)/t49-,52-/m0/s1. The topological polar surface area (TPSA) is 182 Å². The van der Waals surface area contributed by atoms with Crippen LogP contribution in [0.1, 0.15) is 61.0 Å². The van der Waals surface area contributed by atoms with Crippen molar-refractivity contribution in [2.24, 2.45) is 5.41 Å². The van der Waals surface area contributed by atoms with Crippen LogP contribution in [0.25, 0.3) is 16.5 Å². The Bertz CT molecular complexity index is 2970. The first-order valence-electron chi connectivity index (χ1n) is 23.0. The minimum absolute atomic E-state index is 0.0393. The first-order chi connectivity index (χ1) is 32.6. The Labute approximate surface area is 401 Å². The third kappa shape index (κ3) is 10.4. The van der Waals surface area contributed by atoms with Gasteiger partial charge >= 0.3 is 0 Å². The van der Waals surface area contributed by atoms with E-state index in [0.29, 0.717) is 25.1 Å². The average molecular weight is 959 g/mol. The number of β-amino-alcohol motifs (C(OH)–C–C–N with tert-alkyl or cyclic N) is 1. The van der Waals surface area contributed by atoms with E-state index in [1.807, 2.05) is 66.9 Å². The molecule has 354 valence electrons. The average Bonchev–Trinajstić information content (AvgIpc) is 3.79. The number of aliphatic hydroxyl groups excluding tert-OH is 1. The second kappa shape index (κ2) is 19.4. The fourth-order valence-corrected chi connectivity index (χ4v) is 10.9. The number of nitrogens with zero attached hydrogens (tertiary/aromatic N) is 3. The third-order valence-electron chi connectivity index (χ3n) is 13.7. The Morgan fingerprint density at radius 2 is 1.72 bits per heavy atom. The fraction of sp³-hybridized carbons (Fsp3) is 0.327. The van der Waals surface area contributed by atoms with Gasteiger partial charge in [-0.1, -0.05) is 73.5 Å². The van der Waals surface area contributed by atoms with E-state index < -0.39 is 43.1 Å². The lowest BCUT2D eigenvalue weighted by Crippen LogP contribution is -2.60. The Morgan fingerprint density at radius 3 is 2.47 bits per heavy atom. The number of H-pyrrole nitrogens is 1. The summed E-state index contributed by atoms with van der Waals surface area (Å²) in [6, 6.07) is 33.6. The first kappa shape index (κ1) is 46.9. The molecule has 0 saturated carbocycles. The van der Waals surface area contributed by atoms with Crippen LogP contribution in [0.4, 0.5) is 17.1 Å². The van der Waals surface area contributed by atoms with Crippen LogP contribution in [0.3, 0.4) is 0 Å². The highest BCUT2D eigenvalue weighted by Gasteiger charge is 2.42. The van der Waals surface area contributed by atoms with Crippen molar-refractivity contribution in [3.63, 3.8) is 0 Å². The molecule has 5 N–H and O–H groups in total. The van der Waals surface area contributed by atoms with Gasteiger partial charge in [0, 0.05) is 79.2 Å². The smallest absolute Gasteiger partial charge is 0.293 e. The molecule has 0 spiro atoms. The van der Waals surface area contributed by atoms with Crippen molar-refractivity contribution >= 4 is 61.1 Å². The number of nitrogens with one attached hydrogen (secondary N) is 4.